The maximum atomic E-state index is 13.0. The van der Waals surface area contributed by atoms with Crippen molar-refractivity contribution in [2.45, 2.75) is 6.61 Å². The van der Waals surface area contributed by atoms with Gasteiger partial charge in [0.15, 0.2) is 11.5 Å². The number of hydrogen-bond donors (Lipinski definition) is 1. The second-order valence-electron chi connectivity index (χ2n) is 8.08. The van der Waals surface area contributed by atoms with Crippen LogP contribution in [-0.4, -0.2) is 42.7 Å². The molecule has 0 unspecified atom stereocenters. The lowest BCUT2D eigenvalue weighted by atomic mass is 10.1. The van der Waals surface area contributed by atoms with Crippen molar-refractivity contribution in [3.8, 4) is 17.2 Å². The van der Waals surface area contributed by atoms with Crippen LogP contribution in [-0.2, 0) is 16.2 Å². The van der Waals surface area contributed by atoms with Crippen LogP contribution in [0, 0.1) is 0 Å². The third-order valence-electron chi connectivity index (χ3n) is 5.49. The van der Waals surface area contributed by atoms with E-state index in [1.165, 1.54) is 20.3 Å². The molecular formula is C27H21BrCl2N2O6S. The molecule has 0 saturated carbocycles. The van der Waals surface area contributed by atoms with Crippen LogP contribution in [0.25, 0.3) is 6.08 Å². The lowest BCUT2D eigenvalue weighted by Crippen LogP contribution is -2.36. The summed E-state index contributed by atoms with van der Waals surface area (Å²) >= 11 is 16.5. The Kier molecular flexibility index (Phi) is 9.45. The highest BCUT2D eigenvalue weighted by atomic mass is 79.9. The summed E-state index contributed by atoms with van der Waals surface area (Å²) in [5.41, 5.74) is 1.80. The van der Waals surface area contributed by atoms with E-state index in [0.29, 0.717) is 43.0 Å². The first-order valence-electron chi connectivity index (χ1n) is 11.3. The molecule has 1 heterocycles. The van der Waals surface area contributed by atoms with Gasteiger partial charge in [-0.25, -0.2) is 0 Å². The molecule has 0 radical (unpaired) electrons. The van der Waals surface area contributed by atoms with E-state index in [2.05, 4.69) is 21.2 Å². The lowest BCUT2D eigenvalue weighted by molar-refractivity contribution is -0.127. The zero-order valence-electron chi connectivity index (χ0n) is 20.6. The minimum atomic E-state index is -0.581. The van der Waals surface area contributed by atoms with Crippen molar-refractivity contribution >= 4 is 79.7 Å². The van der Waals surface area contributed by atoms with E-state index in [9.17, 15) is 14.4 Å². The van der Waals surface area contributed by atoms with Crippen molar-refractivity contribution < 1.29 is 28.6 Å². The van der Waals surface area contributed by atoms with Gasteiger partial charge in [0.1, 0.15) is 18.9 Å². The number of carbonyl (C=O) groups excluding carboxylic acids is 3. The number of methoxy groups -OCH3 is 2. The highest BCUT2D eigenvalue weighted by molar-refractivity contribution is 9.10. The number of nitrogens with one attached hydrogen (secondary N) is 1. The van der Waals surface area contributed by atoms with Crippen LogP contribution in [0.4, 0.5) is 10.5 Å². The van der Waals surface area contributed by atoms with E-state index in [1.807, 2.05) is 18.2 Å². The summed E-state index contributed by atoms with van der Waals surface area (Å²) in [6.45, 7) is -0.231. The normalized spacial score (nSPS) is 14.1. The van der Waals surface area contributed by atoms with Crippen molar-refractivity contribution in [1.29, 1.82) is 0 Å². The first-order valence-corrected chi connectivity index (χ1v) is 13.7. The SMILES string of the molecule is COc1ccc(NC(=O)CN2C(=O)S/C(=C/c3cc(Br)c(OCc4ccccc4Cl)c(OC)c3)C2=O)cc1Cl. The predicted octanol–water partition coefficient (Wildman–Crippen LogP) is 7.03. The molecule has 3 aromatic rings. The molecule has 1 aliphatic rings. The van der Waals surface area contributed by atoms with E-state index in [0.717, 1.165) is 22.2 Å². The van der Waals surface area contributed by atoms with Gasteiger partial charge < -0.3 is 19.5 Å². The fraction of sp³-hybridized carbons (Fsp3) is 0.148. The molecule has 202 valence electrons. The van der Waals surface area contributed by atoms with Crippen molar-refractivity contribution in [2.24, 2.45) is 0 Å². The molecular weight excluding hydrogens is 631 g/mol. The molecule has 3 amide bonds. The number of nitrogens with zero attached hydrogens (tertiary/aromatic N) is 1. The maximum Gasteiger partial charge on any atom is 0.294 e. The van der Waals surface area contributed by atoms with Gasteiger partial charge in [-0.2, -0.15) is 0 Å². The Morgan fingerprint density at radius 1 is 1.03 bits per heavy atom. The Labute approximate surface area is 247 Å². The van der Waals surface area contributed by atoms with Gasteiger partial charge in [-0.1, -0.05) is 41.4 Å². The molecule has 8 nitrogen and oxygen atoms in total. The zero-order valence-corrected chi connectivity index (χ0v) is 24.5. The number of benzene rings is 3. The molecule has 1 saturated heterocycles. The maximum absolute atomic E-state index is 13.0. The summed E-state index contributed by atoms with van der Waals surface area (Å²) in [4.78, 5) is 39.1. The van der Waals surface area contributed by atoms with E-state index in [-0.39, 0.29) is 11.5 Å². The number of hydrogen-bond acceptors (Lipinski definition) is 7. The fourth-order valence-electron chi connectivity index (χ4n) is 3.60. The molecule has 12 heteroatoms. The van der Waals surface area contributed by atoms with Gasteiger partial charge in [0.05, 0.1) is 28.6 Å². The zero-order chi connectivity index (χ0) is 28.1. The van der Waals surface area contributed by atoms with Crippen molar-refractivity contribution in [2.75, 3.05) is 26.1 Å². The number of imide groups is 1. The molecule has 0 bridgehead atoms. The number of carbonyl (C=O) groups is 3. The van der Waals surface area contributed by atoms with Crippen molar-refractivity contribution in [3.63, 3.8) is 0 Å². The average Bonchev–Trinajstić information content (AvgIpc) is 3.15. The van der Waals surface area contributed by atoms with Crippen LogP contribution in [0.1, 0.15) is 11.1 Å². The Morgan fingerprint density at radius 2 is 1.77 bits per heavy atom. The number of thioether (sulfide) groups is 1. The third kappa shape index (κ3) is 6.88. The van der Waals surface area contributed by atoms with E-state index in [4.69, 9.17) is 37.4 Å². The molecule has 1 fully saturated rings. The topological polar surface area (TPSA) is 94.2 Å². The number of anilines is 1. The van der Waals surface area contributed by atoms with Gasteiger partial charge in [-0.3, -0.25) is 19.3 Å². The summed E-state index contributed by atoms with van der Waals surface area (Å²) in [6.07, 6.45) is 1.55. The predicted molar refractivity (Wildman–Crippen MR) is 156 cm³/mol. The monoisotopic (exact) mass is 650 g/mol. The molecule has 0 spiro atoms. The Balaban J connectivity index is 1.46. The molecule has 0 aliphatic carbocycles. The lowest BCUT2D eigenvalue weighted by Gasteiger charge is -2.14. The van der Waals surface area contributed by atoms with Crippen LogP contribution in [0.2, 0.25) is 10.0 Å². The average molecular weight is 652 g/mol. The van der Waals surface area contributed by atoms with Crippen LogP contribution < -0.4 is 19.5 Å². The quantitative estimate of drug-likeness (QED) is 0.248. The first-order chi connectivity index (χ1) is 18.7. The number of amides is 3. The Morgan fingerprint density at radius 3 is 2.46 bits per heavy atom. The van der Waals surface area contributed by atoms with Gasteiger partial charge in [0, 0.05) is 16.3 Å². The second-order valence-corrected chi connectivity index (χ2v) is 10.7. The van der Waals surface area contributed by atoms with Crippen LogP contribution >= 0.6 is 50.9 Å². The Bertz CT molecular complexity index is 1480. The van der Waals surface area contributed by atoms with E-state index < -0.39 is 23.6 Å². The van der Waals surface area contributed by atoms with E-state index >= 15 is 0 Å². The molecule has 1 N–H and O–H groups in total. The molecule has 1 aliphatic heterocycles. The molecule has 3 aromatic carbocycles. The largest absolute Gasteiger partial charge is 0.495 e. The van der Waals surface area contributed by atoms with Crippen LogP contribution in [0.3, 0.4) is 0 Å². The summed E-state index contributed by atoms with van der Waals surface area (Å²) in [5.74, 6) is 0.192. The number of rotatable bonds is 9. The second kappa shape index (κ2) is 12.8. The number of halogens is 3. The fourth-order valence-corrected chi connectivity index (χ4v) is 5.46. The third-order valence-corrected chi connectivity index (χ3v) is 7.65. The van der Waals surface area contributed by atoms with Crippen molar-refractivity contribution in [1.82, 2.24) is 4.90 Å². The Hall–Kier alpha value is -3.18. The van der Waals surface area contributed by atoms with Gasteiger partial charge in [0.25, 0.3) is 11.1 Å². The number of ether oxygens (including phenoxy) is 3. The summed E-state index contributed by atoms with van der Waals surface area (Å²) in [5, 5.41) is 2.96. The smallest absolute Gasteiger partial charge is 0.294 e. The summed E-state index contributed by atoms with van der Waals surface area (Å²) in [7, 11) is 2.97. The molecule has 39 heavy (non-hydrogen) atoms. The van der Waals surface area contributed by atoms with Crippen LogP contribution in [0.15, 0.2) is 64.0 Å². The molecule has 0 aromatic heterocycles. The van der Waals surface area contributed by atoms with E-state index in [1.54, 1.807) is 36.4 Å². The minimum Gasteiger partial charge on any atom is -0.495 e. The standard InChI is InChI=1S/C27H21BrCl2N2O6S/c1-36-21-8-7-17(12-20(21)30)31-24(33)13-32-26(34)23(39-27(32)35)11-15-9-18(28)25(22(10-15)37-2)38-14-16-5-3-4-6-19(16)29/h3-12H,13-14H2,1-2H3,(H,31,33)/b23-11+. The van der Waals surface area contributed by atoms with Crippen molar-refractivity contribution in [3.05, 3.63) is 85.1 Å². The first kappa shape index (κ1) is 28.8. The summed E-state index contributed by atoms with van der Waals surface area (Å²) in [6, 6.07) is 15.5. The van der Waals surface area contributed by atoms with Gasteiger partial charge in [-0.05, 0) is 75.7 Å². The summed E-state index contributed by atoms with van der Waals surface area (Å²) < 4.78 is 17.1. The minimum absolute atomic E-state index is 0.166. The highest BCUT2D eigenvalue weighted by Crippen LogP contribution is 2.40. The van der Waals surface area contributed by atoms with Gasteiger partial charge >= 0.3 is 0 Å². The molecule has 4 rings (SSSR count). The highest BCUT2D eigenvalue weighted by Gasteiger charge is 2.36. The van der Waals surface area contributed by atoms with Gasteiger partial charge in [-0.15, -0.1) is 0 Å². The van der Waals surface area contributed by atoms with Crippen LogP contribution in [0.5, 0.6) is 17.2 Å². The molecule has 0 atom stereocenters. The van der Waals surface area contributed by atoms with Gasteiger partial charge in [0.2, 0.25) is 5.91 Å².